The number of aromatic amines is 1. The fraction of sp³-hybridized carbons (Fsp3) is 0.583. The molecule has 0 aromatic carbocycles. The minimum absolute atomic E-state index is 0.518. The summed E-state index contributed by atoms with van der Waals surface area (Å²) in [6, 6.07) is 0. The fourth-order valence-electron chi connectivity index (χ4n) is 1.76. The average Bonchev–Trinajstić information content (AvgIpc) is 2.95. The monoisotopic (exact) mass is 298 g/mol. The summed E-state index contributed by atoms with van der Waals surface area (Å²) in [5, 5.41) is 8.24. The SMILES string of the molecule is COCCc1ncc(-c2n[nH]c(=S)n2CC(C)C)s1. The molecule has 0 amide bonds. The van der Waals surface area contributed by atoms with Crippen molar-refractivity contribution in [3.63, 3.8) is 0 Å². The third kappa shape index (κ3) is 3.49. The Morgan fingerprint density at radius 1 is 1.53 bits per heavy atom. The number of methoxy groups -OCH3 is 1. The van der Waals surface area contributed by atoms with Crippen LogP contribution in [0.3, 0.4) is 0 Å². The maximum atomic E-state index is 5.28. The van der Waals surface area contributed by atoms with Crippen LogP contribution in [0.5, 0.6) is 0 Å². The molecule has 1 N–H and O–H groups in total. The molecule has 7 heteroatoms. The zero-order valence-corrected chi connectivity index (χ0v) is 13.0. The van der Waals surface area contributed by atoms with Crippen LogP contribution in [0.25, 0.3) is 10.7 Å². The Labute approximate surface area is 121 Å². The molecule has 0 saturated carbocycles. The third-order valence-corrected chi connectivity index (χ3v) is 3.96. The van der Waals surface area contributed by atoms with Crippen molar-refractivity contribution in [3.8, 4) is 10.7 Å². The highest BCUT2D eigenvalue weighted by molar-refractivity contribution is 7.71. The van der Waals surface area contributed by atoms with Crippen molar-refractivity contribution in [1.29, 1.82) is 0 Å². The second kappa shape index (κ2) is 6.40. The second-order valence-electron chi connectivity index (χ2n) is 4.72. The Bertz CT molecular complexity index is 585. The van der Waals surface area contributed by atoms with Crippen molar-refractivity contribution in [2.45, 2.75) is 26.8 Å². The van der Waals surface area contributed by atoms with E-state index in [-0.39, 0.29) is 0 Å². The van der Waals surface area contributed by atoms with Gasteiger partial charge in [0, 0.05) is 26.3 Å². The quantitative estimate of drug-likeness (QED) is 0.833. The van der Waals surface area contributed by atoms with Gasteiger partial charge in [-0.1, -0.05) is 13.8 Å². The molecule has 5 nitrogen and oxygen atoms in total. The van der Waals surface area contributed by atoms with Crippen molar-refractivity contribution < 1.29 is 4.74 Å². The van der Waals surface area contributed by atoms with Crippen LogP contribution >= 0.6 is 23.6 Å². The zero-order chi connectivity index (χ0) is 13.8. The average molecular weight is 298 g/mol. The molecule has 2 aromatic heterocycles. The van der Waals surface area contributed by atoms with E-state index in [1.165, 1.54) is 0 Å². The first kappa shape index (κ1) is 14.4. The van der Waals surface area contributed by atoms with Gasteiger partial charge < -0.3 is 4.74 Å². The lowest BCUT2D eigenvalue weighted by molar-refractivity contribution is 0.202. The van der Waals surface area contributed by atoms with Crippen LogP contribution in [0.2, 0.25) is 0 Å². The highest BCUT2D eigenvalue weighted by Crippen LogP contribution is 2.25. The first-order chi connectivity index (χ1) is 9.11. The van der Waals surface area contributed by atoms with Gasteiger partial charge in [-0.3, -0.25) is 9.67 Å². The van der Waals surface area contributed by atoms with Crippen LogP contribution in [0.15, 0.2) is 6.20 Å². The van der Waals surface area contributed by atoms with Crippen LogP contribution < -0.4 is 0 Å². The Hall–Kier alpha value is -1.05. The van der Waals surface area contributed by atoms with Crippen molar-refractivity contribution in [1.82, 2.24) is 19.7 Å². The molecule has 0 aliphatic carbocycles. The minimum Gasteiger partial charge on any atom is -0.384 e. The third-order valence-electron chi connectivity index (χ3n) is 2.60. The van der Waals surface area contributed by atoms with E-state index in [9.17, 15) is 0 Å². The lowest BCUT2D eigenvalue weighted by Gasteiger charge is -2.07. The molecule has 2 rings (SSSR count). The lowest BCUT2D eigenvalue weighted by Crippen LogP contribution is -2.05. The van der Waals surface area contributed by atoms with Crippen molar-refractivity contribution in [2.75, 3.05) is 13.7 Å². The minimum atomic E-state index is 0.518. The van der Waals surface area contributed by atoms with Gasteiger partial charge >= 0.3 is 0 Å². The number of nitrogens with one attached hydrogen (secondary N) is 1. The summed E-state index contributed by atoms with van der Waals surface area (Å²) in [5.74, 6) is 1.39. The first-order valence-electron chi connectivity index (χ1n) is 6.21. The Kier molecular flexibility index (Phi) is 4.84. The summed E-state index contributed by atoms with van der Waals surface area (Å²) in [5.41, 5.74) is 0. The van der Waals surface area contributed by atoms with E-state index in [0.29, 0.717) is 17.3 Å². The molecule has 0 saturated heterocycles. The smallest absolute Gasteiger partial charge is 0.195 e. The normalized spacial score (nSPS) is 11.4. The maximum Gasteiger partial charge on any atom is 0.195 e. The van der Waals surface area contributed by atoms with Crippen molar-refractivity contribution in [3.05, 3.63) is 16.0 Å². The predicted octanol–water partition coefficient (Wildman–Crippen LogP) is 2.91. The molecule has 0 radical (unpaired) electrons. The lowest BCUT2D eigenvalue weighted by atomic mass is 10.2. The molecule has 0 bridgehead atoms. The van der Waals surface area contributed by atoms with Gasteiger partial charge in [0.15, 0.2) is 10.6 Å². The second-order valence-corrected chi connectivity index (χ2v) is 6.22. The summed E-state index contributed by atoms with van der Waals surface area (Å²) in [6.45, 7) is 5.87. The number of hydrogen-bond acceptors (Lipinski definition) is 5. The van der Waals surface area contributed by atoms with Gasteiger partial charge in [-0.05, 0) is 18.1 Å². The Morgan fingerprint density at radius 3 is 3.00 bits per heavy atom. The zero-order valence-electron chi connectivity index (χ0n) is 11.3. The van der Waals surface area contributed by atoms with Gasteiger partial charge in [0.25, 0.3) is 0 Å². The van der Waals surface area contributed by atoms with Crippen molar-refractivity contribution >= 4 is 23.6 Å². The Balaban J connectivity index is 2.26. The fourth-order valence-corrected chi connectivity index (χ4v) is 2.86. The molecule has 0 spiro atoms. The van der Waals surface area contributed by atoms with Gasteiger partial charge in [-0.25, -0.2) is 4.98 Å². The van der Waals surface area contributed by atoms with E-state index in [0.717, 1.165) is 28.7 Å². The van der Waals surface area contributed by atoms with Crippen LogP contribution in [0.1, 0.15) is 18.9 Å². The molecule has 0 aliphatic rings. The van der Waals surface area contributed by atoms with E-state index in [4.69, 9.17) is 17.0 Å². The topological polar surface area (TPSA) is 55.7 Å². The van der Waals surface area contributed by atoms with Crippen molar-refractivity contribution in [2.24, 2.45) is 5.92 Å². The van der Waals surface area contributed by atoms with Crippen LogP contribution in [0, 0.1) is 10.7 Å². The van der Waals surface area contributed by atoms with Crippen LogP contribution in [0.4, 0.5) is 0 Å². The molecule has 0 fully saturated rings. The number of nitrogens with zero attached hydrogens (tertiary/aromatic N) is 3. The standard InChI is InChI=1S/C12H18N4OS2/c1-8(2)7-16-11(14-15-12(16)18)9-6-13-10(19-9)4-5-17-3/h6,8H,4-5,7H2,1-3H3,(H,15,18). The molecule has 19 heavy (non-hydrogen) atoms. The van der Waals surface area contributed by atoms with E-state index in [1.54, 1.807) is 18.4 Å². The molecule has 0 atom stereocenters. The summed E-state index contributed by atoms with van der Waals surface area (Å²) in [7, 11) is 1.70. The summed E-state index contributed by atoms with van der Waals surface area (Å²) in [6.07, 6.45) is 2.69. The number of thiazole rings is 1. The van der Waals surface area contributed by atoms with Gasteiger partial charge in [0.1, 0.15) is 0 Å². The molecular weight excluding hydrogens is 280 g/mol. The van der Waals surface area contributed by atoms with Crippen LogP contribution in [-0.2, 0) is 17.7 Å². The maximum absolute atomic E-state index is 5.28. The van der Waals surface area contributed by atoms with Gasteiger partial charge in [-0.2, -0.15) is 5.10 Å². The molecule has 0 unspecified atom stereocenters. The summed E-state index contributed by atoms with van der Waals surface area (Å²) in [4.78, 5) is 5.44. The molecule has 2 aromatic rings. The highest BCUT2D eigenvalue weighted by atomic mass is 32.1. The van der Waals surface area contributed by atoms with E-state index < -0.39 is 0 Å². The molecular formula is C12H18N4OS2. The number of ether oxygens (including phenoxy) is 1. The van der Waals surface area contributed by atoms with Gasteiger partial charge in [0.05, 0.1) is 16.5 Å². The number of hydrogen-bond donors (Lipinski definition) is 1. The predicted molar refractivity (Wildman–Crippen MR) is 78.9 cm³/mol. The number of aromatic nitrogens is 4. The molecule has 0 aliphatic heterocycles. The summed E-state index contributed by atoms with van der Waals surface area (Å²) < 4.78 is 7.76. The number of rotatable bonds is 6. The van der Waals surface area contributed by atoms with Crippen LogP contribution in [-0.4, -0.2) is 33.5 Å². The Morgan fingerprint density at radius 2 is 2.32 bits per heavy atom. The molecule has 104 valence electrons. The highest BCUT2D eigenvalue weighted by Gasteiger charge is 2.13. The number of H-pyrrole nitrogens is 1. The van der Waals surface area contributed by atoms with E-state index in [2.05, 4.69) is 29.0 Å². The largest absolute Gasteiger partial charge is 0.384 e. The summed E-state index contributed by atoms with van der Waals surface area (Å²) >= 11 is 6.92. The van der Waals surface area contributed by atoms with E-state index >= 15 is 0 Å². The molecule has 2 heterocycles. The first-order valence-corrected chi connectivity index (χ1v) is 7.43. The van der Waals surface area contributed by atoms with Gasteiger partial charge in [0.2, 0.25) is 0 Å². The van der Waals surface area contributed by atoms with Gasteiger partial charge in [-0.15, -0.1) is 11.3 Å². The van der Waals surface area contributed by atoms with E-state index in [1.807, 2.05) is 10.8 Å².